The van der Waals surface area contributed by atoms with Crippen LogP contribution in [0.1, 0.15) is 48.5 Å². The molecule has 0 bridgehead atoms. The van der Waals surface area contributed by atoms with Crippen LogP contribution in [0.5, 0.6) is 5.75 Å². The second kappa shape index (κ2) is 10.9. The number of imidazole rings is 1. The van der Waals surface area contributed by atoms with Gasteiger partial charge in [0.1, 0.15) is 11.9 Å². The number of benzene rings is 3. The van der Waals surface area contributed by atoms with Gasteiger partial charge in [-0.05, 0) is 66.3 Å². The molecule has 1 unspecified atom stereocenters. The van der Waals surface area contributed by atoms with Crippen LogP contribution in [0.3, 0.4) is 0 Å². The third kappa shape index (κ3) is 4.98. The van der Waals surface area contributed by atoms with Crippen molar-refractivity contribution in [3.8, 4) is 5.75 Å². The summed E-state index contributed by atoms with van der Waals surface area (Å²) in [4.78, 5) is 21.7. The van der Waals surface area contributed by atoms with E-state index in [0.29, 0.717) is 12.3 Å². The second-order valence-electron chi connectivity index (χ2n) is 10.4. The van der Waals surface area contributed by atoms with Crippen molar-refractivity contribution in [1.29, 1.82) is 0 Å². The van der Waals surface area contributed by atoms with Gasteiger partial charge in [0.05, 0.1) is 17.4 Å². The van der Waals surface area contributed by atoms with Crippen LogP contribution in [0.4, 0.5) is 10.5 Å². The normalized spacial score (nSPS) is 16.6. The molecule has 3 aromatic carbocycles. The van der Waals surface area contributed by atoms with Crippen molar-refractivity contribution >= 4 is 22.8 Å². The molecule has 7 heteroatoms. The average molecular weight is 510 g/mol. The quantitative estimate of drug-likeness (QED) is 0.300. The maximum absolute atomic E-state index is 12.4. The number of nitrogens with zero attached hydrogens (tertiary/aromatic N) is 4. The second-order valence-corrected chi connectivity index (χ2v) is 10.4. The molecule has 0 radical (unpaired) electrons. The molecule has 38 heavy (non-hydrogen) atoms. The van der Waals surface area contributed by atoms with Crippen LogP contribution in [0, 0.1) is 0 Å². The van der Waals surface area contributed by atoms with Crippen LogP contribution in [0.25, 0.3) is 11.0 Å². The molecule has 1 N–H and O–H groups in total. The fourth-order valence-corrected chi connectivity index (χ4v) is 5.95. The van der Waals surface area contributed by atoms with E-state index < -0.39 is 0 Å². The highest BCUT2D eigenvalue weighted by atomic mass is 16.6. The Hall–Kier alpha value is -3.84. The van der Waals surface area contributed by atoms with Crippen molar-refractivity contribution < 1.29 is 9.53 Å². The molecule has 1 amide bonds. The van der Waals surface area contributed by atoms with E-state index in [-0.39, 0.29) is 12.3 Å². The minimum atomic E-state index is -0.385. The number of carbonyl (C=O) groups is 1. The van der Waals surface area contributed by atoms with Gasteiger partial charge in [-0.3, -0.25) is 4.90 Å². The Morgan fingerprint density at radius 1 is 1.00 bits per heavy atom. The van der Waals surface area contributed by atoms with Gasteiger partial charge < -0.3 is 19.5 Å². The van der Waals surface area contributed by atoms with E-state index in [0.717, 1.165) is 57.3 Å². The third-order valence-electron chi connectivity index (χ3n) is 7.85. The van der Waals surface area contributed by atoms with Gasteiger partial charge in [-0.15, -0.1) is 0 Å². The number of carbonyl (C=O) groups excluding carboxylic acids is 1. The van der Waals surface area contributed by atoms with Gasteiger partial charge in [0, 0.05) is 38.9 Å². The molecule has 0 fully saturated rings. The van der Waals surface area contributed by atoms with E-state index >= 15 is 0 Å². The average Bonchev–Trinajstić information content (AvgIpc) is 3.35. The summed E-state index contributed by atoms with van der Waals surface area (Å²) in [6, 6.07) is 23.0. The standard InChI is InChI=1S/C31H35N5O2/c1-34-28-15-14-25(20-24(28)21-35-19-16-23-10-4-5-11-26(23)30(34)35)38-31(37)32-17-8-2-3-9-18-36-22-33-27-12-6-7-13-29(27)36/h4-7,10-15,20,22,30H,2-3,8-9,16-19,21H2,1H3,(H,32,37). The lowest BCUT2D eigenvalue weighted by molar-refractivity contribution is 0.163. The van der Waals surface area contributed by atoms with Gasteiger partial charge in [-0.2, -0.15) is 0 Å². The zero-order valence-electron chi connectivity index (χ0n) is 22.0. The lowest BCUT2D eigenvalue weighted by atomic mass is 9.93. The Morgan fingerprint density at radius 2 is 1.84 bits per heavy atom. The number of anilines is 1. The molecule has 1 aromatic heterocycles. The van der Waals surface area contributed by atoms with Gasteiger partial charge in [-0.1, -0.05) is 49.2 Å². The summed E-state index contributed by atoms with van der Waals surface area (Å²) in [6.45, 7) is 3.46. The summed E-state index contributed by atoms with van der Waals surface area (Å²) in [7, 11) is 2.16. The smallest absolute Gasteiger partial charge is 0.410 e. The van der Waals surface area contributed by atoms with E-state index in [4.69, 9.17) is 4.74 Å². The summed E-state index contributed by atoms with van der Waals surface area (Å²) < 4.78 is 7.84. The van der Waals surface area contributed by atoms with E-state index in [1.807, 2.05) is 30.6 Å². The van der Waals surface area contributed by atoms with Crippen molar-refractivity contribution in [3.63, 3.8) is 0 Å². The zero-order valence-corrected chi connectivity index (χ0v) is 22.0. The van der Waals surface area contributed by atoms with Crippen molar-refractivity contribution in [1.82, 2.24) is 19.8 Å². The first-order valence-electron chi connectivity index (χ1n) is 13.7. The number of fused-ring (bicyclic) bond motifs is 5. The number of rotatable bonds is 8. The van der Waals surface area contributed by atoms with Crippen LogP contribution in [-0.2, 0) is 19.5 Å². The lowest BCUT2D eigenvalue weighted by Gasteiger charge is -2.47. The van der Waals surface area contributed by atoms with Gasteiger partial charge in [0.15, 0.2) is 0 Å². The first-order valence-corrected chi connectivity index (χ1v) is 13.7. The molecule has 196 valence electrons. The fraction of sp³-hybridized carbons (Fsp3) is 0.355. The largest absolute Gasteiger partial charge is 0.412 e. The lowest BCUT2D eigenvalue weighted by Crippen LogP contribution is -2.47. The topological polar surface area (TPSA) is 62.6 Å². The molecular formula is C31H35N5O2. The molecule has 0 saturated carbocycles. The number of unbranched alkanes of at least 4 members (excludes halogenated alkanes) is 3. The maximum atomic E-state index is 12.4. The number of aryl methyl sites for hydroxylation is 1. The number of nitrogens with one attached hydrogen (secondary N) is 1. The predicted molar refractivity (Wildman–Crippen MR) is 150 cm³/mol. The highest BCUT2D eigenvalue weighted by Crippen LogP contribution is 2.42. The van der Waals surface area contributed by atoms with E-state index in [1.165, 1.54) is 27.9 Å². The highest BCUT2D eigenvalue weighted by molar-refractivity contribution is 5.75. The predicted octanol–water partition coefficient (Wildman–Crippen LogP) is 5.89. The van der Waals surface area contributed by atoms with Crippen molar-refractivity contribution in [2.24, 2.45) is 0 Å². The molecule has 1 atom stereocenters. The first-order chi connectivity index (χ1) is 18.7. The van der Waals surface area contributed by atoms with Gasteiger partial charge in [-0.25, -0.2) is 9.78 Å². The van der Waals surface area contributed by atoms with Crippen LogP contribution in [0.15, 0.2) is 73.1 Å². The minimum Gasteiger partial charge on any atom is -0.410 e. The Kier molecular flexibility index (Phi) is 7.01. The van der Waals surface area contributed by atoms with E-state index in [9.17, 15) is 4.79 Å². The van der Waals surface area contributed by atoms with E-state index in [2.05, 4.69) is 74.2 Å². The van der Waals surface area contributed by atoms with Crippen molar-refractivity contribution in [2.75, 3.05) is 25.0 Å². The summed E-state index contributed by atoms with van der Waals surface area (Å²) in [5, 5.41) is 2.91. The molecule has 4 aromatic rings. The third-order valence-corrected chi connectivity index (χ3v) is 7.85. The molecule has 2 aliphatic rings. The highest BCUT2D eigenvalue weighted by Gasteiger charge is 2.35. The molecule has 3 heterocycles. The Bertz CT molecular complexity index is 1430. The van der Waals surface area contributed by atoms with Crippen LogP contribution in [-0.4, -0.2) is 40.7 Å². The molecule has 0 spiro atoms. The maximum Gasteiger partial charge on any atom is 0.412 e. The number of ether oxygens (including phenoxy) is 1. The van der Waals surface area contributed by atoms with Crippen molar-refractivity contribution in [3.05, 3.63) is 89.7 Å². The number of hydrogen-bond acceptors (Lipinski definition) is 5. The Morgan fingerprint density at radius 3 is 2.79 bits per heavy atom. The first kappa shape index (κ1) is 24.5. The molecule has 2 aliphatic heterocycles. The summed E-state index contributed by atoms with van der Waals surface area (Å²) in [6.07, 6.45) is 7.07. The van der Waals surface area contributed by atoms with Crippen molar-refractivity contribution in [2.45, 2.75) is 51.4 Å². The van der Waals surface area contributed by atoms with Crippen LogP contribution in [0.2, 0.25) is 0 Å². The SMILES string of the molecule is CN1c2ccc(OC(=O)NCCCCCCn3cnc4ccccc43)cc2CN2CCc3ccccc3C21. The molecular weight excluding hydrogens is 474 g/mol. The number of aromatic nitrogens is 2. The van der Waals surface area contributed by atoms with Gasteiger partial charge in [0.25, 0.3) is 0 Å². The molecule has 6 rings (SSSR count). The monoisotopic (exact) mass is 509 g/mol. The molecule has 0 aliphatic carbocycles. The summed E-state index contributed by atoms with van der Waals surface area (Å²) >= 11 is 0. The summed E-state index contributed by atoms with van der Waals surface area (Å²) in [5.41, 5.74) is 7.45. The van der Waals surface area contributed by atoms with Crippen LogP contribution < -0.4 is 15.0 Å². The zero-order chi connectivity index (χ0) is 25.9. The Balaban J connectivity index is 0.954. The number of hydrogen-bond donors (Lipinski definition) is 1. The van der Waals surface area contributed by atoms with Gasteiger partial charge >= 0.3 is 6.09 Å². The fourth-order valence-electron chi connectivity index (χ4n) is 5.95. The minimum absolute atomic E-state index is 0.252. The number of para-hydroxylation sites is 2. The molecule has 7 nitrogen and oxygen atoms in total. The van der Waals surface area contributed by atoms with Crippen LogP contribution >= 0.6 is 0 Å². The Labute approximate surface area is 224 Å². The van der Waals surface area contributed by atoms with Gasteiger partial charge in [0.2, 0.25) is 0 Å². The summed E-state index contributed by atoms with van der Waals surface area (Å²) in [5.74, 6) is 0.595. The van der Waals surface area contributed by atoms with E-state index in [1.54, 1.807) is 0 Å². The number of amides is 1. The molecule has 0 saturated heterocycles.